The van der Waals surface area contributed by atoms with E-state index >= 15 is 0 Å². The molecule has 29 heavy (non-hydrogen) atoms. The molecule has 1 heterocycles. The average molecular weight is 427 g/mol. The molecule has 0 spiro atoms. The van der Waals surface area contributed by atoms with Crippen LogP contribution >= 0.6 is 11.6 Å². The largest absolute Gasteiger partial charge is 0.385 e. The maximum Gasteiger partial charge on any atom is 0.294 e. The number of anilines is 1. The fourth-order valence-electron chi connectivity index (χ4n) is 3.60. The van der Waals surface area contributed by atoms with Gasteiger partial charge in [0.25, 0.3) is 5.09 Å². The molecule has 1 fully saturated rings. The van der Waals surface area contributed by atoms with E-state index in [4.69, 9.17) is 11.6 Å². The number of unbranched alkanes of at least 4 members (excludes halogenated alkanes) is 5. The van der Waals surface area contributed by atoms with Crippen LogP contribution in [-0.4, -0.2) is 67.3 Å². The molecule has 0 saturated carbocycles. The predicted octanol–water partition coefficient (Wildman–Crippen LogP) is 4.31. The lowest BCUT2D eigenvalue weighted by Gasteiger charge is -2.34. The monoisotopic (exact) mass is 426 g/mol. The standard InChI is InChI=1S/C21H35ClN4O3/c22-20-8-10-21(11-9-20)23-12-4-6-14-25-17-15-24(16-18-25)13-5-2-1-3-7-19-29-26(27)28/h8-11,23H,1-7,12-19H2. The summed E-state index contributed by atoms with van der Waals surface area (Å²) in [6.07, 6.45) is 7.72. The van der Waals surface area contributed by atoms with Crippen LogP contribution in [0, 0.1) is 10.1 Å². The van der Waals surface area contributed by atoms with E-state index in [0.717, 1.165) is 36.5 Å². The van der Waals surface area contributed by atoms with E-state index in [2.05, 4.69) is 20.0 Å². The SMILES string of the molecule is O=[N+]([O-])OCCCCCCCN1CCN(CCCCNc2ccc(Cl)cc2)CC1. The summed E-state index contributed by atoms with van der Waals surface area (Å²) >= 11 is 5.90. The van der Waals surface area contributed by atoms with Crippen LogP contribution in [0.25, 0.3) is 0 Å². The molecular formula is C21H35ClN4O3. The molecule has 2 rings (SSSR count). The first kappa shape index (κ1) is 23.7. The minimum absolute atomic E-state index is 0.228. The van der Waals surface area contributed by atoms with Gasteiger partial charge in [-0.1, -0.05) is 30.9 Å². The molecule has 0 atom stereocenters. The highest BCUT2D eigenvalue weighted by Gasteiger charge is 2.15. The van der Waals surface area contributed by atoms with Gasteiger partial charge in [-0.05, 0) is 63.0 Å². The van der Waals surface area contributed by atoms with Gasteiger partial charge in [-0.15, -0.1) is 10.1 Å². The number of rotatable bonds is 15. The molecular weight excluding hydrogens is 392 g/mol. The Hall–Kier alpha value is -1.57. The van der Waals surface area contributed by atoms with E-state index in [1.807, 2.05) is 24.3 Å². The minimum atomic E-state index is -0.710. The van der Waals surface area contributed by atoms with Crippen molar-refractivity contribution in [2.75, 3.05) is 57.7 Å². The second-order valence-corrected chi connectivity index (χ2v) is 8.09. The van der Waals surface area contributed by atoms with Crippen molar-refractivity contribution < 1.29 is 9.92 Å². The molecule has 0 bridgehead atoms. The quantitative estimate of drug-likeness (QED) is 0.256. The van der Waals surface area contributed by atoms with Gasteiger partial charge in [-0.3, -0.25) is 0 Å². The molecule has 1 aliphatic rings. The molecule has 0 aromatic heterocycles. The molecule has 0 radical (unpaired) electrons. The Kier molecular flexibility index (Phi) is 11.8. The van der Waals surface area contributed by atoms with Crippen molar-refractivity contribution in [1.82, 2.24) is 9.80 Å². The van der Waals surface area contributed by atoms with Crippen LogP contribution in [0.1, 0.15) is 44.9 Å². The number of piperazine rings is 1. The van der Waals surface area contributed by atoms with Crippen molar-refractivity contribution in [2.24, 2.45) is 0 Å². The topological polar surface area (TPSA) is 70.9 Å². The number of halogens is 1. The third kappa shape index (κ3) is 11.3. The molecule has 0 amide bonds. The second kappa shape index (κ2) is 14.4. The van der Waals surface area contributed by atoms with Crippen molar-refractivity contribution in [2.45, 2.75) is 44.9 Å². The van der Waals surface area contributed by atoms with E-state index < -0.39 is 5.09 Å². The summed E-state index contributed by atoms with van der Waals surface area (Å²) in [5.74, 6) is 0. The molecule has 1 aliphatic heterocycles. The third-order valence-electron chi connectivity index (χ3n) is 5.35. The first-order valence-electron chi connectivity index (χ1n) is 10.8. The van der Waals surface area contributed by atoms with Gasteiger partial charge in [0.2, 0.25) is 0 Å². The molecule has 8 heteroatoms. The molecule has 7 nitrogen and oxygen atoms in total. The summed E-state index contributed by atoms with van der Waals surface area (Å²) in [6.45, 7) is 8.25. The lowest BCUT2D eigenvalue weighted by molar-refractivity contribution is -0.757. The van der Waals surface area contributed by atoms with Gasteiger partial charge in [0, 0.05) is 43.4 Å². The number of nitrogens with zero attached hydrogens (tertiary/aromatic N) is 3. The summed E-state index contributed by atoms with van der Waals surface area (Å²) in [5, 5.41) is 13.6. The van der Waals surface area contributed by atoms with Gasteiger partial charge < -0.3 is 20.0 Å². The van der Waals surface area contributed by atoms with Crippen LogP contribution in [0.4, 0.5) is 5.69 Å². The number of hydrogen-bond donors (Lipinski definition) is 1. The summed E-state index contributed by atoms with van der Waals surface area (Å²) < 4.78 is 0. The highest BCUT2D eigenvalue weighted by molar-refractivity contribution is 6.30. The lowest BCUT2D eigenvalue weighted by Crippen LogP contribution is -2.46. The van der Waals surface area contributed by atoms with Crippen molar-refractivity contribution in [3.05, 3.63) is 39.4 Å². The minimum Gasteiger partial charge on any atom is -0.385 e. The van der Waals surface area contributed by atoms with E-state index in [0.29, 0.717) is 0 Å². The van der Waals surface area contributed by atoms with E-state index in [9.17, 15) is 10.1 Å². The fourth-order valence-corrected chi connectivity index (χ4v) is 3.73. The van der Waals surface area contributed by atoms with Crippen LogP contribution in [0.5, 0.6) is 0 Å². The van der Waals surface area contributed by atoms with Gasteiger partial charge in [0.1, 0.15) is 0 Å². The Labute approximate surface area is 179 Å². The first-order chi connectivity index (χ1) is 14.1. The van der Waals surface area contributed by atoms with Crippen molar-refractivity contribution in [3.8, 4) is 0 Å². The normalized spacial score (nSPS) is 15.3. The van der Waals surface area contributed by atoms with Crippen LogP contribution in [0.15, 0.2) is 24.3 Å². The zero-order valence-electron chi connectivity index (χ0n) is 17.4. The Bertz CT molecular complexity index is 566. The van der Waals surface area contributed by atoms with Crippen molar-refractivity contribution >= 4 is 17.3 Å². The smallest absolute Gasteiger partial charge is 0.294 e. The fraction of sp³-hybridized carbons (Fsp3) is 0.714. The summed E-state index contributed by atoms with van der Waals surface area (Å²) in [6, 6.07) is 7.87. The average Bonchev–Trinajstić information content (AvgIpc) is 2.72. The zero-order valence-corrected chi connectivity index (χ0v) is 18.1. The maximum absolute atomic E-state index is 10.1. The van der Waals surface area contributed by atoms with Gasteiger partial charge in [0.05, 0.1) is 6.61 Å². The summed E-state index contributed by atoms with van der Waals surface area (Å²) in [7, 11) is 0. The molecule has 164 valence electrons. The second-order valence-electron chi connectivity index (χ2n) is 7.65. The molecule has 1 aromatic rings. The van der Waals surface area contributed by atoms with E-state index in [1.165, 1.54) is 65.0 Å². The first-order valence-corrected chi connectivity index (χ1v) is 11.2. The number of benzene rings is 1. The molecule has 1 N–H and O–H groups in total. The predicted molar refractivity (Wildman–Crippen MR) is 118 cm³/mol. The maximum atomic E-state index is 10.1. The summed E-state index contributed by atoms with van der Waals surface area (Å²) in [4.78, 5) is 19.5. The molecule has 0 unspecified atom stereocenters. The van der Waals surface area contributed by atoms with Gasteiger partial charge >= 0.3 is 0 Å². The number of nitrogens with one attached hydrogen (secondary N) is 1. The van der Waals surface area contributed by atoms with Crippen molar-refractivity contribution in [1.29, 1.82) is 0 Å². The van der Waals surface area contributed by atoms with Gasteiger partial charge in [0.15, 0.2) is 0 Å². The van der Waals surface area contributed by atoms with Crippen LogP contribution < -0.4 is 5.32 Å². The Morgan fingerprint density at radius 2 is 1.45 bits per heavy atom. The van der Waals surface area contributed by atoms with E-state index in [1.54, 1.807) is 0 Å². The highest BCUT2D eigenvalue weighted by Crippen LogP contribution is 2.13. The molecule has 1 aromatic carbocycles. The van der Waals surface area contributed by atoms with Gasteiger partial charge in [-0.2, -0.15) is 0 Å². The Morgan fingerprint density at radius 1 is 0.897 bits per heavy atom. The van der Waals surface area contributed by atoms with Crippen LogP contribution in [0.3, 0.4) is 0 Å². The Morgan fingerprint density at radius 3 is 2.07 bits per heavy atom. The van der Waals surface area contributed by atoms with E-state index in [-0.39, 0.29) is 6.61 Å². The Balaban J connectivity index is 1.39. The van der Waals surface area contributed by atoms with Gasteiger partial charge in [-0.25, -0.2) is 0 Å². The highest BCUT2D eigenvalue weighted by atomic mass is 35.5. The van der Waals surface area contributed by atoms with Crippen molar-refractivity contribution in [3.63, 3.8) is 0 Å². The third-order valence-corrected chi connectivity index (χ3v) is 5.61. The molecule has 0 aliphatic carbocycles. The zero-order chi connectivity index (χ0) is 20.7. The van der Waals surface area contributed by atoms with Crippen LogP contribution in [-0.2, 0) is 4.84 Å². The molecule has 1 saturated heterocycles. The van der Waals surface area contributed by atoms with Crippen LogP contribution in [0.2, 0.25) is 5.02 Å². The summed E-state index contributed by atoms with van der Waals surface area (Å²) in [5.41, 5.74) is 1.13. The number of hydrogen-bond acceptors (Lipinski definition) is 6. The lowest BCUT2D eigenvalue weighted by atomic mass is 10.1.